The first-order chi connectivity index (χ1) is 6.72. The molecule has 1 N–H and O–H groups in total. The zero-order valence-electron chi connectivity index (χ0n) is 8.46. The Bertz CT molecular complexity index is 394. The van der Waals surface area contributed by atoms with Gasteiger partial charge in [-0.15, -0.1) is 0 Å². The molecule has 2 nitrogen and oxygen atoms in total. The summed E-state index contributed by atoms with van der Waals surface area (Å²) in [5, 5.41) is 0. The zero-order chi connectivity index (χ0) is 10.1. The van der Waals surface area contributed by atoms with Crippen molar-refractivity contribution in [1.82, 2.24) is 9.97 Å². The van der Waals surface area contributed by atoms with Crippen LogP contribution in [-0.4, -0.2) is 21.5 Å². The van der Waals surface area contributed by atoms with Gasteiger partial charge in [0.05, 0.1) is 0 Å². The SMILES string of the molecule is CCc1[nH]c(C2CSC2)nc(=S)c1C. The molecular formula is C10H14N2S2. The number of hydrogen-bond acceptors (Lipinski definition) is 3. The molecule has 1 aliphatic heterocycles. The van der Waals surface area contributed by atoms with E-state index in [4.69, 9.17) is 12.2 Å². The van der Waals surface area contributed by atoms with Gasteiger partial charge in [0.2, 0.25) is 0 Å². The molecule has 0 radical (unpaired) electrons. The minimum Gasteiger partial charge on any atom is -0.347 e. The van der Waals surface area contributed by atoms with Gasteiger partial charge >= 0.3 is 0 Å². The second-order valence-corrected chi connectivity index (χ2v) is 5.08. The second kappa shape index (κ2) is 4.03. The fourth-order valence-electron chi connectivity index (χ4n) is 1.54. The maximum atomic E-state index is 5.25. The standard InChI is InChI=1S/C10H14N2S2/c1-3-8-6(2)10(13)12-9(11-8)7-4-14-5-7/h7H,3-5H2,1-2H3,(H,11,12,13). The van der Waals surface area contributed by atoms with E-state index in [1.54, 1.807) is 0 Å². The summed E-state index contributed by atoms with van der Waals surface area (Å²) in [5.41, 5.74) is 2.38. The number of hydrogen-bond donors (Lipinski definition) is 1. The van der Waals surface area contributed by atoms with Gasteiger partial charge in [-0.2, -0.15) is 11.8 Å². The van der Waals surface area contributed by atoms with Gasteiger partial charge in [-0.3, -0.25) is 0 Å². The van der Waals surface area contributed by atoms with Gasteiger partial charge in [0, 0.05) is 28.7 Å². The molecule has 0 aromatic carbocycles. The van der Waals surface area contributed by atoms with Crippen molar-refractivity contribution in [1.29, 1.82) is 0 Å². The lowest BCUT2D eigenvalue weighted by molar-refractivity contribution is 0.741. The van der Waals surface area contributed by atoms with Crippen LogP contribution in [0.3, 0.4) is 0 Å². The fourth-order valence-corrected chi connectivity index (χ4v) is 2.55. The second-order valence-electron chi connectivity index (χ2n) is 3.62. The molecule has 2 rings (SSSR count). The molecule has 1 fully saturated rings. The lowest BCUT2D eigenvalue weighted by atomic mass is 10.1. The Morgan fingerprint density at radius 1 is 1.57 bits per heavy atom. The molecule has 0 unspecified atom stereocenters. The molecule has 1 saturated heterocycles. The van der Waals surface area contributed by atoms with E-state index in [0.29, 0.717) is 5.92 Å². The molecule has 1 aromatic heterocycles. The molecule has 0 amide bonds. The van der Waals surface area contributed by atoms with Crippen LogP contribution in [0.15, 0.2) is 0 Å². The van der Waals surface area contributed by atoms with Gasteiger partial charge in [-0.25, -0.2) is 4.98 Å². The van der Waals surface area contributed by atoms with Gasteiger partial charge in [0.15, 0.2) is 0 Å². The molecule has 0 bridgehead atoms. The van der Waals surface area contributed by atoms with Gasteiger partial charge in [-0.1, -0.05) is 19.1 Å². The van der Waals surface area contributed by atoms with Crippen molar-refractivity contribution in [2.45, 2.75) is 26.2 Å². The number of nitrogens with one attached hydrogen (secondary N) is 1. The van der Waals surface area contributed by atoms with E-state index in [9.17, 15) is 0 Å². The number of aryl methyl sites for hydroxylation is 1. The van der Waals surface area contributed by atoms with Crippen molar-refractivity contribution in [2.24, 2.45) is 0 Å². The Morgan fingerprint density at radius 2 is 2.29 bits per heavy atom. The van der Waals surface area contributed by atoms with E-state index < -0.39 is 0 Å². The average Bonchev–Trinajstić information content (AvgIpc) is 2.08. The molecule has 0 saturated carbocycles. The van der Waals surface area contributed by atoms with E-state index in [1.165, 1.54) is 17.2 Å². The summed E-state index contributed by atoms with van der Waals surface area (Å²) < 4.78 is 0.771. The monoisotopic (exact) mass is 226 g/mol. The first-order valence-electron chi connectivity index (χ1n) is 4.89. The van der Waals surface area contributed by atoms with Gasteiger partial charge in [-0.05, 0) is 13.3 Å². The predicted molar refractivity (Wildman–Crippen MR) is 63.6 cm³/mol. The van der Waals surface area contributed by atoms with Crippen molar-refractivity contribution in [3.63, 3.8) is 0 Å². The molecule has 1 aromatic rings. The Morgan fingerprint density at radius 3 is 2.79 bits per heavy atom. The molecule has 0 spiro atoms. The number of aromatic nitrogens is 2. The van der Waals surface area contributed by atoms with Crippen LogP contribution < -0.4 is 0 Å². The van der Waals surface area contributed by atoms with Crippen molar-refractivity contribution in [3.05, 3.63) is 21.7 Å². The molecule has 76 valence electrons. The minimum atomic E-state index is 0.604. The number of aromatic amines is 1. The van der Waals surface area contributed by atoms with Crippen molar-refractivity contribution in [2.75, 3.05) is 11.5 Å². The number of H-pyrrole nitrogens is 1. The van der Waals surface area contributed by atoms with E-state index in [0.717, 1.165) is 22.4 Å². The molecular weight excluding hydrogens is 212 g/mol. The summed E-state index contributed by atoms with van der Waals surface area (Å²) >= 11 is 7.22. The number of thioether (sulfide) groups is 1. The highest BCUT2D eigenvalue weighted by molar-refractivity contribution is 8.00. The third kappa shape index (κ3) is 1.73. The summed E-state index contributed by atoms with van der Waals surface area (Å²) in [5.74, 6) is 4.07. The molecule has 0 aliphatic carbocycles. The highest BCUT2D eigenvalue weighted by Crippen LogP contribution is 2.32. The number of rotatable bonds is 2. The van der Waals surface area contributed by atoms with E-state index in [1.807, 2.05) is 18.7 Å². The van der Waals surface area contributed by atoms with Crippen LogP contribution in [0.4, 0.5) is 0 Å². The number of nitrogens with zero attached hydrogens (tertiary/aromatic N) is 1. The van der Waals surface area contributed by atoms with Crippen LogP contribution >= 0.6 is 24.0 Å². The Kier molecular flexibility index (Phi) is 2.93. The lowest BCUT2D eigenvalue weighted by Crippen LogP contribution is -2.19. The van der Waals surface area contributed by atoms with Gasteiger partial charge in [0.1, 0.15) is 10.5 Å². The summed E-state index contributed by atoms with van der Waals surface area (Å²) in [7, 11) is 0. The van der Waals surface area contributed by atoms with Crippen molar-refractivity contribution in [3.8, 4) is 0 Å². The normalized spacial score (nSPS) is 16.7. The van der Waals surface area contributed by atoms with Crippen LogP contribution in [0.1, 0.15) is 29.9 Å². The Balaban J connectivity index is 2.42. The fraction of sp³-hybridized carbons (Fsp3) is 0.600. The summed E-state index contributed by atoms with van der Waals surface area (Å²) in [6.45, 7) is 4.19. The largest absolute Gasteiger partial charge is 0.347 e. The smallest absolute Gasteiger partial charge is 0.132 e. The average molecular weight is 226 g/mol. The van der Waals surface area contributed by atoms with Crippen LogP contribution in [0, 0.1) is 11.6 Å². The summed E-state index contributed by atoms with van der Waals surface area (Å²) in [6.07, 6.45) is 1.00. The van der Waals surface area contributed by atoms with Crippen LogP contribution in [0.5, 0.6) is 0 Å². The quantitative estimate of drug-likeness (QED) is 0.786. The predicted octanol–water partition coefficient (Wildman–Crippen LogP) is 2.84. The first kappa shape index (κ1) is 10.2. The maximum absolute atomic E-state index is 5.25. The topological polar surface area (TPSA) is 28.7 Å². The Hall–Kier alpha value is -0.350. The summed E-state index contributed by atoms with van der Waals surface area (Å²) in [6, 6.07) is 0. The molecule has 0 atom stereocenters. The Labute approximate surface area is 93.5 Å². The van der Waals surface area contributed by atoms with Crippen molar-refractivity contribution >= 4 is 24.0 Å². The van der Waals surface area contributed by atoms with Gasteiger partial charge < -0.3 is 4.98 Å². The van der Waals surface area contributed by atoms with Crippen LogP contribution in [0.2, 0.25) is 0 Å². The molecule has 14 heavy (non-hydrogen) atoms. The van der Waals surface area contributed by atoms with E-state index in [2.05, 4.69) is 16.9 Å². The molecule has 4 heteroatoms. The third-order valence-corrected chi connectivity index (χ3v) is 4.33. The lowest BCUT2D eigenvalue weighted by Gasteiger charge is -2.24. The zero-order valence-corrected chi connectivity index (χ0v) is 10.1. The van der Waals surface area contributed by atoms with Crippen LogP contribution in [-0.2, 0) is 6.42 Å². The highest BCUT2D eigenvalue weighted by Gasteiger charge is 2.22. The highest BCUT2D eigenvalue weighted by atomic mass is 32.2. The first-order valence-corrected chi connectivity index (χ1v) is 6.46. The van der Waals surface area contributed by atoms with E-state index >= 15 is 0 Å². The summed E-state index contributed by atoms with van der Waals surface area (Å²) in [4.78, 5) is 7.86. The van der Waals surface area contributed by atoms with Gasteiger partial charge in [0.25, 0.3) is 0 Å². The molecule has 2 heterocycles. The van der Waals surface area contributed by atoms with Crippen molar-refractivity contribution < 1.29 is 0 Å². The third-order valence-electron chi connectivity index (χ3n) is 2.65. The minimum absolute atomic E-state index is 0.604. The van der Waals surface area contributed by atoms with Crippen LogP contribution in [0.25, 0.3) is 0 Å². The maximum Gasteiger partial charge on any atom is 0.132 e. The van der Waals surface area contributed by atoms with E-state index in [-0.39, 0.29) is 0 Å². The molecule has 1 aliphatic rings.